The second kappa shape index (κ2) is 7.27. The van der Waals surface area contributed by atoms with Crippen LogP contribution in [-0.4, -0.2) is 36.6 Å². The number of thiophene rings is 1. The third-order valence-corrected chi connectivity index (χ3v) is 4.68. The number of aryl methyl sites for hydroxylation is 1. The molecule has 0 saturated carbocycles. The molecule has 5 heteroatoms. The number of rotatable bonds is 5. The zero-order valence-corrected chi connectivity index (χ0v) is 12.8. The Morgan fingerprint density at radius 2 is 2.47 bits per heavy atom. The summed E-state index contributed by atoms with van der Waals surface area (Å²) >= 11 is 7.50. The quantitative estimate of drug-likeness (QED) is 0.834. The third-order valence-electron chi connectivity index (χ3n) is 3.34. The maximum atomic E-state index is 12.2. The van der Waals surface area contributed by atoms with Crippen molar-refractivity contribution in [2.24, 2.45) is 0 Å². The molecule has 1 atom stereocenters. The third kappa shape index (κ3) is 4.48. The largest absolute Gasteiger partial charge is 0.377 e. The van der Waals surface area contributed by atoms with Gasteiger partial charge in [-0.3, -0.25) is 4.79 Å². The molecule has 2 heterocycles. The maximum absolute atomic E-state index is 12.2. The summed E-state index contributed by atoms with van der Waals surface area (Å²) < 4.78 is 5.62. The number of hydrogen-bond acceptors (Lipinski definition) is 3. The van der Waals surface area contributed by atoms with Crippen LogP contribution in [0.25, 0.3) is 0 Å². The van der Waals surface area contributed by atoms with Gasteiger partial charge in [0.15, 0.2) is 0 Å². The number of likely N-dealkylation sites (tertiary alicyclic amines) is 1. The van der Waals surface area contributed by atoms with Crippen molar-refractivity contribution in [3.8, 4) is 0 Å². The van der Waals surface area contributed by atoms with Crippen molar-refractivity contribution in [1.29, 1.82) is 0 Å². The SMILES string of the molecule is CCO[C@H]1CCCN(C(=O)CCc2cc(Cl)cs2)C1. The summed E-state index contributed by atoms with van der Waals surface area (Å²) in [4.78, 5) is 15.3. The van der Waals surface area contributed by atoms with Crippen LogP contribution in [0.15, 0.2) is 11.4 Å². The molecular weight excluding hydrogens is 282 g/mol. The van der Waals surface area contributed by atoms with Gasteiger partial charge in [-0.25, -0.2) is 0 Å². The van der Waals surface area contributed by atoms with Gasteiger partial charge in [-0.15, -0.1) is 11.3 Å². The van der Waals surface area contributed by atoms with Gasteiger partial charge < -0.3 is 9.64 Å². The van der Waals surface area contributed by atoms with Gasteiger partial charge in [0.2, 0.25) is 5.91 Å². The number of carbonyl (C=O) groups excluding carboxylic acids is 1. The van der Waals surface area contributed by atoms with E-state index in [1.165, 1.54) is 4.88 Å². The Morgan fingerprint density at radius 3 is 3.16 bits per heavy atom. The van der Waals surface area contributed by atoms with Crippen LogP contribution in [0, 0.1) is 0 Å². The van der Waals surface area contributed by atoms with Gasteiger partial charge in [-0.1, -0.05) is 11.6 Å². The average molecular weight is 302 g/mol. The average Bonchev–Trinajstić information content (AvgIpc) is 2.82. The van der Waals surface area contributed by atoms with Crippen LogP contribution in [0.1, 0.15) is 31.1 Å². The highest BCUT2D eigenvalue weighted by atomic mass is 35.5. The summed E-state index contributed by atoms with van der Waals surface area (Å²) in [6, 6.07) is 1.94. The van der Waals surface area contributed by atoms with Crippen LogP contribution in [0.4, 0.5) is 0 Å². The van der Waals surface area contributed by atoms with Crippen molar-refractivity contribution >= 4 is 28.8 Å². The highest BCUT2D eigenvalue weighted by Gasteiger charge is 2.23. The Hall–Kier alpha value is -0.580. The molecule has 1 amide bonds. The van der Waals surface area contributed by atoms with Gasteiger partial charge in [-0.2, -0.15) is 0 Å². The van der Waals surface area contributed by atoms with Crippen LogP contribution >= 0.6 is 22.9 Å². The second-order valence-electron chi connectivity index (χ2n) is 4.79. The molecule has 1 aromatic rings. The summed E-state index contributed by atoms with van der Waals surface area (Å²) in [5, 5.41) is 2.68. The van der Waals surface area contributed by atoms with E-state index in [0.717, 1.165) is 44.0 Å². The van der Waals surface area contributed by atoms with Crippen molar-refractivity contribution in [3.05, 3.63) is 21.3 Å². The zero-order chi connectivity index (χ0) is 13.7. The van der Waals surface area contributed by atoms with Crippen LogP contribution in [0.5, 0.6) is 0 Å². The molecule has 0 unspecified atom stereocenters. The molecular formula is C14H20ClNO2S. The predicted octanol–water partition coefficient (Wildman–Crippen LogP) is 3.36. The van der Waals surface area contributed by atoms with E-state index in [4.69, 9.17) is 16.3 Å². The number of ether oxygens (including phenoxy) is 1. The van der Waals surface area contributed by atoms with E-state index in [2.05, 4.69) is 0 Å². The Kier molecular flexibility index (Phi) is 5.67. The van der Waals surface area contributed by atoms with E-state index in [0.29, 0.717) is 6.42 Å². The minimum Gasteiger partial charge on any atom is -0.377 e. The molecule has 0 bridgehead atoms. The molecule has 1 fully saturated rings. The summed E-state index contributed by atoms with van der Waals surface area (Å²) in [5.41, 5.74) is 0. The lowest BCUT2D eigenvalue weighted by Crippen LogP contribution is -2.43. The van der Waals surface area contributed by atoms with E-state index in [9.17, 15) is 4.79 Å². The van der Waals surface area contributed by atoms with E-state index in [1.54, 1.807) is 11.3 Å². The monoisotopic (exact) mass is 301 g/mol. The molecule has 1 aliphatic heterocycles. The van der Waals surface area contributed by atoms with Crippen molar-refractivity contribution < 1.29 is 9.53 Å². The van der Waals surface area contributed by atoms with Crippen LogP contribution in [-0.2, 0) is 16.0 Å². The van der Waals surface area contributed by atoms with Crippen molar-refractivity contribution in [3.63, 3.8) is 0 Å². The fourth-order valence-corrected chi connectivity index (χ4v) is 3.49. The normalized spacial score (nSPS) is 19.7. The van der Waals surface area contributed by atoms with E-state index in [-0.39, 0.29) is 12.0 Å². The smallest absolute Gasteiger partial charge is 0.223 e. The lowest BCUT2D eigenvalue weighted by Gasteiger charge is -2.32. The van der Waals surface area contributed by atoms with Crippen molar-refractivity contribution in [2.75, 3.05) is 19.7 Å². The second-order valence-corrected chi connectivity index (χ2v) is 6.22. The van der Waals surface area contributed by atoms with Gasteiger partial charge >= 0.3 is 0 Å². The predicted molar refractivity (Wildman–Crippen MR) is 78.9 cm³/mol. The van der Waals surface area contributed by atoms with E-state index in [1.807, 2.05) is 23.3 Å². The van der Waals surface area contributed by atoms with Gasteiger partial charge in [0.25, 0.3) is 0 Å². The van der Waals surface area contributed by atoms with Crippen LogP contribution in [0.3, 0.4) is 0 Å². The van der Waals surface area contributed by atoms with Gasteiger partial charge in [0, 0.05) is 36.4 Å². The Balaban J connectivity index is 1.79. The fraction of sp³-hybridized carbons (Fsp3) is 0.643. The van der Waals surface area contributed by atoms with E-state index >= 15 is 0 Å². The summed E-state index contributed by atoms with van der Waals surface area (Å²) in [7, 11) is 0. The molecule has 1 saturated heterocycles. The first-order valence-electron chi connectivity index (χ1n) is 6.81. The molecule has 0 aliphatic carbocycles. The molecule has 0 radical (unpaired) electrons. The minimum absolute atomic E-state index is 0.221. The fourth-order valence-electron chi connectivity index (χ4n) is 2.41. The number of nitrogens with zero attached hydrogens (tertiary/aromatic N) is 1. The number of carbonyl (C=O) groups is 1. The molecule has 3 nitrogen and oxygen atoms in total. The highest BCUT2D eigenvalue weighted by Crippen LogP contribution is 2.21. The molecule has 19 heavy (non-hydrogen) atoms. The Bertz CT molecular complexity index is 419. The highest BCUT2D eigenvalue weighted by molar-refractivity contribution is 7.10. The lowest BCUT2D eigenvalue weighted by molar-refractivity contribution is -0.135. The number of halogens is 1. The topological polar surface area (TPSA) is 29.5 Å². The molecule has 2 rings (SSSR count). The number of piperidine rings is 1. The lowest BCUT2D eigenvalue weighted by atomic mass is 10.1. The number of amides is 1. The van der Waals surface area contributed by atoms with Crippen LogP contribution in [0.2, 0.25) is 5.02 Å². The number of hydrogen-bond donors (Lipinski definition) is 0. The molecule has 1 aliphatic rings. The van der Waals surface area contributed by atoms with Gasteiger partial charge in [-0.05, 0) is 32.3 Å². The molecule has 0 N–H and O–H groups in total. The molecule has 0 spiro atoms. The molecule has 1 aromatic heterocycles. The minimum atomic E-state index is 0.221. The summed E-state index contributed by atoms with van der Waals surface area (Å²) in [5.74, 6) is 0.230. The van der Waals surface area contributed by atoms with Crippen molar-refractivity contribution in [2.45, 2.75) is 38.7 Å². The zero-order valence-electron chi connectivity index (χ0n) is 11.2. The first kappa shape index (κ1) is 14.8. The summed E-state index contributed by atoms with van der Waals surface area (Å²) in [6.07, 6.45) is 3.68. The Morgan fingerprint density at radius 1 is 1.63 bits per heavy atom. The maximum Gasteiger partial charge on any atom is 0.223 e. The molecule has 0 aromatic carbocycles. The first-order valence-corrected chi connectivity index (χ1v) is 8.07. The standard InChI is InChI=1S/C14H20ClNO2S/c1-2-18-12-4-3-7-16(9-12)14(17)6-5-13-8-11(15)10-19-13/h8,10,12H,2-7,9H2,1H3/t12-/m0/s1. The van der Waals surface area contributed by atoms with Crippen molar-refractivity contribution in [1.82, 2.24) is 4.90 Å². The van der Waals surface area contributed by atoms with Crippen LogP contribution < -0.4 is 0 Å². The van der Waals surface area contributed by atoms with Gasteiger partial charge in [0.1, 0.15) is 0 Å². The summed E-state index contributed by atoms with van der Waals surface area (Å²) in [6.45, 7) is 4.34. The Labute approximate surface area is 123 Å². The van der Waals surface area contributed by atoms with Gasteiger partial charge in [0.05, 0.1) is 11.1 Å². The van der Waals surface area contributed by atoms with E-state index < -0.39 is 0 Å². The molecule has 106 valence electrons. The first-order chi connectivity index (χ1) is 9.19.